The lowest BCUT2D eigenvalue weighted by Crippen LogP contribution is -2.19. The number of hydrogen-bond acceptors (Lipinski definition) is 3. The number of nitrogens with two attached hydrogens (primary N) is 1. The minimum absolute atomic E-state index is 0.131. The maximum Gasteiger partial charge on any atom is 0.245 e. The van der Waals surface area contributed by atoms with Gasteiger partial charge in [0.2, 0.25) is 5.91 Å². The van der Waals surface area contributed by atoms with Crippen molar-refractivity contribution in [2.75, 3.05) is 5.32 Å². The summed E-state index contributed by atoms with van der Waals surface area (Å²) in [5.74, 6) is -0.131. The van der Waals surface area contributed by atoms with E-state index in [4.69, 9.17) is 5.73 Å². The van der Waals surface area contributed by atoms with Gasteiger partial charge < -0.3 is 11.1 Å². The van der Waals surface area contributed by atoms with E-state index in [1.807, 2.05) is 12.1 Å². The molecule has 0 bridgehead atoms. The third-order valence-electron chi connectivity index (χ3n) is 2.34. The van der Waals surface area contributed by atoms with E-state index < -0.39 is 6.04 Å². The van der Waals surface area contributed by atoms with Gasteiger partial charge in [-0.1, -0.05) is 13.8 Å². The van der Waals surface area contributed by atoms with Crippen molar-refractivity contribution in [2.45, 2.75) is 30.0 Å². The van der Waals surface area contributed by atoms with Crippen LogP contribution in [0, 0.1) is 0 Å². The van der Waals surface area contributed by atoms with Gasteiger partial charge in [-0.05, 0) is 28.1 Å². The molecule has 1 aliphatic rings. The van der Waals surface area contributed by atoms with Crippen LogP contribution in [0.25, 0.3) is 0 Å². The topological polar surface area (TPSA) is 55.1 Å². The molecule has 5 heteroatoms. The van der Waals surface area contributed by atoms with Gasteiger partial charge in [0.25, 0.3) is 0 Å². The van der Waals surface area contributed by atoms with Crippen LogP contribution < -0.4 is 11.1 Å². The Morgan fingerprint density at radius 2 is 2.19 bits per heavy atom. The summed E-state index contributed by atoms with van der Waals surface area (Å²) in [5, 5.41) is 3.29. The van der Waals surface area contributed by atoms with Crippen LogP contribution in [0.4, 0.5) is 5.69 Å². The highest BCUT2D eigenvalue weighted by Gasteiger charge is 2.28. The number of anilines is 1. The first-order valence-electron chi connectivity index (χ1n) is 5.05. The highest BCUT2D eigenvalue weighted by atomic mass is 79.9. The van der Waals surface area contributed by atoms with Crippen LogP contribution in [0.3, 0.4) is 0 Å². The summed E-state index contributed by atoms with van der Waals surface area (Å²) in [6, 6.07) is 3.38. The summed E-state index contributed by atoms with van der Waals surface area (Å²) in [7, 11) is 0. The van der Waals surface area contributed by atoms with E-state index in [-0.39, 0.29) is 5.91 Å². The molecule has 1 aliphatic heterocycles. The second-order valence-electron chi connectivity index (χ2n) is 4.00. The van der Waals surface area contributed by atoms with Gasteiger partial charge in [-0.3, -0.25) is 4.79 Å². The number of fused-ring (bicyclic) bond motifs is 1. The van der Waals surface area contributed by atoms with Gasteiger partial charge in [0.05, 0.1) is 0 Å². The number of carbonyl (C=O) groups is 1. The lowest BCUT2D eigenvalue weighted by Gasteiger charge is -2.10. The van der Waals surface area contributed by atoms with E-state index in [0.29, 0.717) is 5.25 Å². The number of carbonyl (C=O) groups excluding carboxylic acids is 1. The lowest BCUT2D eigenvalue weighted by atomic mass is 10.1. The first kappa shape index (κ1) is 12.0. The van der Waals surface area contributed by atoms with Gasteiger partial charge in [-0.15, -0.1) is 11.8 Å². The van der Waals surface area contributed by atoms with Crippen LogP contribution in [0.5, 0.6) is 0 Å². The number of thioether (sulfide) groups is 1. The summed E-state index contributed by atoms with van der Waals surface area (Å²) < 4.78 is 0.997. The Bertz CT molecular complexity index is 448. The number of rotatable bonds is 2. The van der Waals surface area contributed by atoms with Crippen molar-refractivity contribution in [3.63, 3.8) is 0 Å². The van der Waals surface area contributed by atoms with E-state index in [0.717, 1.165) is 20.6 Å². The van der Waals surface area contributed by atoms with Gasteiger partial charge >= 0.3 is 0 Å². The molecule has 3 N–H and O–H groups in total. The van der Waals surface area contributed by atoms with Crippen molar-refractivity contribution >= 4 is 39.3 Å². The van der Waals surface area contributed by atoms with Crippen LogP contribution in [0.15, 0.2) is 21.5 Å². The SMILES string of the molecule is CC(C)Sc1cc2c(cc1Br)C(N)C(=O)N2. The third-order valence-corrected chi connectivity index (χ3v) is 4.32. The molecule has 0 spiro atoms. The summed E-state index contributed by atoms with van der Waals surface area (Å²) in [4.78, 5) is 12.5. The summed E-state index contributed by atoms with van der Waals surface area (Å²) in [5.41, 5.74) is 7.47. The molecule has 0 aliphatic carbocycles. The zero-order chi connectivity index (χ0) is 11.9. The van der Waals surface area contributed by atoms with E-state index in [9.17, 15) is 4.79 Å². The Morgan fingerprint density at radius 1 is 1.50 bits per heavy atom. The van der Waals surface area contributed by atoms with Crippen molar-refractivity contribution in [1.29, 1.82) is 0 Å². The monoisotopic (exact) mass is 300 g/mol. The van der Waals surface area contributed by atoms with E-state index in [1.165, 1.54) is 0 Å². The molecule has 86 valence electrons. The van der Waals surface area contributed by atoms with E-state index in [2.05, 4.69) is 35.1 Å². The van der Waals surface area contributed by atoms with Gasteiger partial charge in [0.15, 0.2) is 0 Å². The number of benzene rings is 1. The zero-order valence-corrected chi connectivity index (χ0v) is 11.5. The molecule has 1 unspecified atom stereocenters. The Labute approximate surface area is 107 Å². The van der Waals surface area contributed by atoms with Gasteiger partial charge in [-0.25, -0.2) is 0 Å². The predicted octanol–water partition coefficient (Wildman–Crippen LogP) is 2.90. The maximum atomic E-state index is 11.4. The third kappa shape index (κ3) is 2.12. The summed E-state index contributed by atoms with van der Waals surface area (Å²) in [6.45, 7) is 4.27. The van der Waals surface area contributed by atoms with Crippen molar-refractivity contribution in [1.82, 2.24) is 0 Å². The van der Waals surface area contributed by atoms with E-state index >= 15 is 0 Å². The Kier molecular flexibility index (Phi) is 3.28. The Morgan fingerprint density at radius 3 is 2.81 bits per heavy atom. The highest BCUT2D eigenvalue weighted by Crippen LogP contribution is 2.39. The number of amides is 1. The van der Waals surface area contributed by atoms with Crippen molar-refractivity contribution in [3.05, 3.63) is 22.2 Å². The minimum atomic E-state index is -0.538. The maximum absolute atomic E-state index is 11.4. The molecule has 3 nitrogen and oxygen atoms in total. The molecule has 0 fully saturated rings. The number of halogens is 1. The average molecular weight is 301 g/mol. The van der Waals surface area contributed by atoms with Gasteiger partial charge in [0, 0.05) is 25.9 Å². The first-order valence-corrected chi connectivity index (χ1v) is 6.73. The highest BCUT2D eigenvalue weighted by molar-refractivity contribution is 9.10. The second-order valence-corrected chi connectivity index (χ2v) is 6.48. The zero-order valence-electron chi connectivity index (χ0n) is 9.08. The van der Waals surface area contributed by atoms with Crippen molar-refractivity contribution in [3.8, 4) is 0 Å². The quantitative estimate of drug-likeness (QED) is 0.826. The molecule has 16 heavy (non-hydrogen) atoms. The number of nitrogens with one attached hydrogen (secondary N) is 1. The normalized spacial score (nSPS) is 18.8. The molecule has 0 saturated heterocycles. The molecule has 0 saturated carbocycles. The molecule has 1 amide bonds. The van der Waals surface area contributed by atoms with Crippen molar-refractivity contribution < 1.29 is 4.79 Å². The number of hydrogen-bond donors (Lipinski definition) is 2. The Balaban J connectivity index is 2.40. The summed E-state index contributed by atoms with van der Waals surface area (Å²) in [6.07, 6.45) is 0. The largest absolute Gasteiger partial charge is 0.324 e. The Hall–Kier alpha value is -0.520. The van der Waals surface area contributed by atoms with Crippen LogP contribution in [-0.2, 0) is 4.79 Å². The van der Waals surface area contributed by atoms with E-state index in [1.54, 1.807) is 11.8 Å². The molecule has 1 heterocycles. The van der Waals surface area contributed by atoms with Gasteiger partial charge in [0.1, 0.15) is 6.04 Å². The molecule has 1 aromatic carbocycles. The van der Waals surface area contributed by atoms with Crippen LogP contribution in [0.2, 0.25) is 0 Å². The van der Waals surface area contributed by atoms with Crippen molar-refractivity contribution in [2.24, 2.45) is 5.73 Å². The van der Waals surface area contributed by atoms with Crippen LogP contribution >= 0.6 is 27.7 Å². The minimum Gasteiger partial charge on any atom is -0.324 e. The molecular formula is C11H13BrN2OS. The fraction of sp³-hybridized carbons (Fsp3) is 0.364. The smallest absolute Gasteiger partial charge is 0.245 e. The molecule has 2 rings (SSSR count). The average Bonchev–Trinajstić information content (AvgIpc) is 2.44. The molecule has 0 radical (unpaired) electrons. The summed E-state index contributed by atoms with van der Waals surface area (Å²) >= 11 is 5.26. The first-order chi connectivity index (χ1) is 7.49. The lowest BCUT2D eigenvalue weighted by molar-refractivity contribution is -0.116. The van der Waals surface area contributed by atoms with Crippen LogP contribution in [0.1, 0.15) is 25.5 Å². The second kappa shape index (κ2) is 4.39. The fourth-order valence-electron chi connectivity index (χ4n) is 1.63. The van der Waals surface area contributed by atoms with Crippen LogP contribution in [-0.4, -0.2) is 11.2 Å². The molecule has 1 aromatic rings. The molecular weight excluding hydrogens is 288 g/mol. The molecule has 1 atom stereocenters. The standard InChI is InChI=1S/C11H13BrN2OS/c1-5(2)16-9-4-8-6(3-7(9)12)10(13)11(15)14-8/h3-5,10H,13H2,1-2H3,(H,14,15). The van der Waals surface area contributed by atoms with Gasteiger partial charge in [-0.2, -0.15) is 0 Å². The molecule has 0 aromatic heterocycles. The predicted molar refractivity (Wildman–Crippen MR) is 70.7 cm³/mol. The fourth-order valence-corrected chi connectivity index (χ4v) is 3.14.